The maximum absolute atomic E-state index is 12.3. The topological polar surface area (TPSA) is 78.4 Å². The van der Waals surface area contributed by atoms with Gasteiger partial charge in [-0.1, -0.05) is 30.3 Å². The van der Waals surface area contributed by atoms with Crippen molar-refractivity contribution in [2.24, 2.45) is 5.92 Å². The number of likely N-dealkylation sites (tertiary alicyclic amines) is 1. The second kappa shape index (κ2) is 8.58. The summed E-state index contributed by atoms with van der Waals surface area (Å²) in [6.45, 7) is 1.93. The second-order valence-corrected chi connectivity index (χ2v) is 6.32. The van der Waals surface area contributed by atoms with Gasteiger partial charge in [0.2, 0.25) is 11.9 Å². The summed E-state index contributed by atoms with van der Waals surface area (Å²) < 4.78 is 0. The molecule has 2 N–H and O–H groups in total. The SMILES string of the molecule is O=C(CCNc1ncccn1)N1CCC(C(O)c2ccccc2)CC1. The van der Waals surface area contributed by atoms with Crippen LogP contribution in [-0.4, -0.2) is 45.5 Å². The van der Waals surface area contributed by atoms with E-state index < -0.39 is 6.10 Å². The molecule has 2 heterocycles. The lowest BCUT2D eigenvalue weighted by Crippen LogP contribution is -2.40. The number of piperidine rings is 1. The molecule has 0 spiro atoms. The number of aliphatic hydroxyl groups is 1. The number of aliphatic hydroxyl groups excluding tert-OH is 1. The summed E-state index contributed by atoms with van der Waals surface area (Å²) >= 11 is 0. The molecule has 6 heteroatoms. The molecular formula is C19H24N4O2. The van der Waals surface area contributed by atoms with Crippen LogP contribution in [-0.2, 0) is 4.79 Å². The lowest BCUT2D eigenvalue weighted by atomic mass is 9.87. The van der Waals surface area contributed by atoms with Crippen molar-refractivity contribution in [2.75, 3.05) is 25.0 Å². The van der Waals surface area contributed by atoms with Gasteiger partial charge in [0.25, 0.3) is 0 Å². The van der Waals surface area contributed by atoms with Crippen molar-refractivity contribution in [3.8, 4) is 0 Å². The van der Waals surface area contributed by atoms with Crippen LogP contribution < -0.4 is 5.32 Å². The Bertz CT molecular complexity index is 658. The van der Waals surface area contributed by atoms with Crippen LogP contribution in [0.5, 0.6) is 0 Å². The van der Waals surface area contributed by atoms with Crippen LogP contribution >= 0.6 is 0 Å². The predicted octanol–water partition coefficient (Wildman–Crippen LogP) is 2.25. The molecule has 1 aromatic carbocycles. The number of rotatable bonds is 6. The van der Waals surface area contributed by atoms with Crippen LogP contribution in [0.2, 0.25) is 0 Å². The maximum Gasteiger partial charge on any atom is 0.224 e. The van der Waals surface area contributed by atoms with Crippen LogP contribution in [0.4, 0.5) is 5.95 Å². The molecule has 1 aliphatic heterocycles. The molecule has 2 aromatic rings. The summed E-state index contributed by atoms with van der Waals surface area (Å²) in [5, 5.41) is 13.6. The third-order valence-corrected chi connectivity index (χ3v) is 4.67. The highest BCUT2D eigenvalue weighted by Gasteiger charge is 2.27. The Morgan fingerprint density at radius 3 is 2.52 bits per heavy atom. The first kappa shape index (κ1) is 17.4. The molecule has 1 amide bonds. The molecule has 1 atom stereocenters. The van der Waals surface area contributed by atoms with Gasteiger partial charge >= 0.3 is 0 Å². The van der Waals surface area contributed by atoms with Gasteiger partial charge in [-0.05, 0) is 30.4 Å². The van der Waals surface area contributed by atoms with Crippen molar-refractivity contribution in [3.63, 3.8) is 0 Å². The van der Waals surface area contributed by atoms with Gasteiger partial charge in [-0.15, -0.1) is 0 Å². The van der Waals surface area contributed by atoms with E-state index in [1.165, 1.54) is 0 Å². The highest BCUT2D eigenvalue weighted by Crippen LogP contribution is 2.30. The summed E-state index contributed by atoms with van der Waals surface area (Å²) in [6.07, 6.45) is 4.97. The molecule has 1 saturated heterocycles. The van der Waals surface area contributed by atoms with Crippen LogP contribution in [0.25, 0.3) is 0 Å². The van der Waals surface area contributed by atoms with E-state index >= 15 is 0 Å². The molecule has 1 aliphatic rings. The Kier molecular flexibility index (Phi) is 5.95. The zero-order valence-corrected chi connectivity index (χ0v) is 14.2. The Morgan fingerprint density at radius 1 is 1.16 bits per heavy atom. The summed E-state index contributed by atoms with van der Waals surface area (Å²) in [5.41, 5.74) is 0.958. The minimum atomic E-state index is -0.449. The molecule has 0 bridgehead atoms. The first-order valence-electron chi connectivity index (χ1n) is 8.75. The first-order chi connectivity index (χ1) is 12.2. The monoisotopic (exact) mass is 340 g/mol. The third kappa shape index (κ3) is 4.76. The molecule has 1 aromatic heterocycles. The lowest BCUT2D eigenvalue weighted by molar-refractivity contribution is -0.132. The maximum atomic E-state index is 12.3. The van der Waals surface area contributed by atoms with Crippen molar-refractivity contribution in [1.29, 1.82) is 0 Å². The number of hydrogen-bond acceptors (Lipinski definition) is 5. The van der Waals surface area contributed by atoms with Gasteiger partial charge in [0.1, 0.15) is 0 Å². The Morgan fingerprint density at radius 2 is 1.84 bits per heavy atom. The van der Waals surface area contributed by atoms with E-state index in [0.29, 0.717) is 32.0 Å². The van der Waals surface area contributed by atoms with Crippen molar-refractivity contribution in [2.45, 2.75) is 25.4 Å². The molecule has 1 fully saturated rings. The number of nitrogens with one attached hydrogen (secondary N) is 1. The number of carbonyl (C=O) groups is 1. The van der Waals surface area contributed by atoms with Crippen LogP contribution in [0.3, 0.4) is 0 Å². The fraction of sp³-hybridized carbons (Fsp3) is 0.421. The first-order valence-corrected chi connectivity index (χ1v) is 8.75. The van der Waals surface area contributed by atoms with Gasteiger partial charge in [0, 0.05) is 38.4 Å². The third-order valence-electron chi connectivity index (χ3n) is 4.67. The zero-order chi connectivity index (χ0) is 17.5. The minimum Gasteiger partial charge on any atom is -0.388 e. The van der Waals surface area contributed by atoms with Gasteiger partial charge in [0.15, 0.2) is 0 Å². The highest BCUT2D eigenvalue weighted by molar-refractivity contribution is 5.76. The van der Waals surface area contributed by atoms with Crippen molar-refractivity contribution < 1.29 is 9.90 Å². The molecular weight excluding hydrogens is 316 g/mol. The number of amides is 1. The quantitative estimate of drug-likeness (QED) is 0.843. The van der Waals surface area contributed by atoms with E-state index in [1.54, 1.807) is 18.5 Å². The molecule has 25 heavy (non-hydrogen) atoms. The summed E-state index contributed by atoms with van der Waals surface area (Å²) in [6, 6.07) is 11.5. The second-order valence-electron chi connectivity index (χ2n) is 6.32. The molecule has 0 aliphatic carbocycles. The number of hydrogen-bond donors (Lipinski definition) is 2. The van der Waals surface area contributed by atoms with Crippen molar-refractivity contribution in [3.05, 3.63) is 54.4 Å². The van der Waals surface area contributed by atoms with E-state index in [0.717, 1.165) is 18.4 Å². The van der Waals surface area contributed by atoms with Gasteiger partial charge in [-0.2, -0.15) is 0 Å². The van der Waals surface area contributed by atoms with E-state index in [4.69, 9.17) is 0 Å². The van der Waals surface area contributed by atoms with E-state index in [1.807, 2.05) is 35.2 Å². The minimum absolute atomic E-state index is 0.135. The number of carbonyl (C=O) groups excluding carboxylic acids is 1. The zero-order valence-electron chi connectivity index (χ0n) is 14.2. The number of anilines is 1. The average Bonchev–Trinajstić information content (AvgIpc) is 2.69. The fourth-order valence-corrected chi connectivity index (χ4v) is 3.22. The molecule has 3 rings (SSSR count). The Hall–Kier alpha value is -2.47. The van der Waals surface area contributed by atoms with Gasteiger partial charge in [0.05, 0.1) is 6.10 Å². The molecule has 0 saturated carbocycles. The van der Waals surface area contributed by atoms with E-state index in [9.17, 15) is 9.90 Å². The molecule has 6 nitrogen and oxygen atoms in total. The van der Waals surface area contributed by atoms with E-state index in [-0.39, 0.29) is 11.8 Å². The van der Waals surface area contributed by atoms with Gasteiger partial charge < -0.3 is 15.3 Å². The predicted molar refractivity (Wildman–Crippen MR) is 95.8 cm³/mol. The van der Waals surface area contributed by atoms with Crippen molar-refractivity contribution >= 4 is 11.9 Å². The number of aromatic nitrogens is 2. The molecule has 1 unspecified atom stereocenters. The molecule has 132 valence electrons. The fourth-order valence-electron chi connectivity index (χ4n) is 3.22. The lowest BCUT2D eigenvalue weighted by Gasteiger charge is -2.34. The van der Waals surface area contributed by atoms with Crippen LogP contribution in [0.15, 0.2) is 48.8 Å². The van der Waals surface area contributed by atoms with Gasteiger partial charge in [-0.25, -0.2) is 9.97 Å². The largest absolute Gasteiger partial charge is 0.388 e. The van der Waals surface area contributed by atoms with Crippen LogP contribution in [0, 0.1) is 5.92 Å². The smallest absolute Gasteiger partial charge is 0.224 e. The summed E-state index contributed by atoms with van der Waals surface area (Å²) in [4.78, 5) is 22.4. The highest BCUT2D eigenvalue weighted by atomic mass is 16.3. The van der Waals surface area contributed by atoms with Crippen molar-refractivity contribution in [1.82, 2.24) is 14.9 Å². The van der Waals surface area contributed by atoms with Gasteiger partial charge in [-0.3, -0.25) is 4.79 Å². The standard InChI is InChI=1S/C19H24N4O2/c24-17(7-12-22-19-20-10-4-11-21-19)23-13-8-16(9-14-23)18(25)15-5-2-1-3-6-15/h1-6,10-11,16,18,25H,7-9,12-14H2,(H,20,21,22). The normalized spacial score (nSPS) is 16.4. The van der Waals surface area contributed by atoms with Crippen LogP contribution in [0.1, 0.15) is 30.9 Å². The summed E-state index contributed by atoms with van der Waals surface area (Å²) in [5.74, 6) is 0.887. The Balaban J connectivity index is 1.41. The average molecular weight is 340 g/mol. The van der Waals surface area contributed by atoms with E-state index in [2.05, 4.69) is 15.3 Å². The molecule has 0 radical (unpaired) electrons. The number of nitrogens with zero attached hydrogens (tertiary/aromatic N) is 3. The Labute approximate surface area is 147 Å². The number of benzene rings is 1. The summed E-state index contributed by atoms with van der Waals surface area (Å²) in [7, 11) is 0.